The zero-order valence-electron chi connectivity index (χ0n) is 10.0. The van der Waals surface area contributed by atoms with E-state index in [0.29, 0.717) is 10.4 Å². The van der Waals surface area contributed by atoms with Gasteiger partial charge in [0.05, 0.1) is 21.4 Å². The molecule has 2 rings (SSSR count). The van der Waals surface area contributed by atoms with Gasteiger partial charge in [-0.15, -0.1) is 16.2 Å². The van der Waals surface area contributed by atoms with E-state index in [1.54, 1.807) is 17.5 Å². The molecule has 1 heterocycles. The Morgan fingerprint density at radius 3 is 2.45 bits per heavy atom. The van der Waals surface area contributed by atoms with E-state index in [2.05, 4.69) is 5.43 Å². The molecular formula is C12H9N3O3S2. The van der Waals surface area contributed by atoms with Gasteiger partial charge in [-0.05, 0) is 35.7 Å². The molecule has 0 aliphatic rings. The van der Waals surface area contributed by atoms with E-state index < -0.39 is 15.9 Å². The summed E-state index contributed by atoms with van der Waals surface area (Å²) in [6.45, 7) is 0. The molecule has 0 atom stereocenters. The Morgan fingerprint density at radius 1 is 1.20 bits per heavy atom. The molecule has 0 radical (unpaired) electrons. The highest BCUT2D eigenvalue weighted by atomic mass is 32.2. The predicted octanol–water partition coefficient (Wildman–Crippen LogP) is 1.24. The highest BCUT2D eigenvalue weighted by Gasteiger charge is 2.15. The normalized spacial score (nSPS) is 10.8. The molecule has 1 aromatic heterocycles. The van der Waals surface area contributed by atoms with Gasteiger partial charge in [0.2, 0.25) is 0 Å². The van der Waals surface area contributed by atoms with Crippen molar-refractivity contribution < 1.29 is 13.2 Å². The minimum Gasteiger partial charge on any atom is -0.273 e. The number of hydrazine groups is 1. The maximum Gasteiger partial charge on any atom is 0.276 e. The number of nitriles is 1. The molecule has 102 valence electrons. The standard InChI is InChI=1S/C12H9N3O3S2/c13-8-9-3-5-10(6-4-9)20(17,18)15-14-12(16)11-2-1-7-19-11/h1-7,15H,(H,14,16). The summed E-state index contributed by atoms with van der Waals surface area (Å²) in [7, 11) is -3.86. The highest BCUT2D eigenvalue weighted by Crippen LogP contribution is 2.10. The Bertz CT molecular complexity index is 744. The molecule has 0 saturated carbocycles. The smallest absolute Gasteiger partial charge is 0.273 e. The summed E-state index contributed by atoms with van der Waals surface area (Å²) in [4.78, 5) is 14.0. The van der Waals surface area contributed by atoms with Gasteiger partial charge in [-0.3, -0.25) is 10.2 Å². The van der Waals surface area contributed by atoms with Crippen molar-refractivity contribution >= 4 is 27.3 Å². The van der Waals surface area contributed by atoms with Gasteiger partial charge in [0, 0.05) is 0 Å². The number of rotatable bonds is 4. The van der Waals surface area contributed by atoms with Gasteiger partial charge in [0.15, 0.2) is 0 Å². The van der Waals surface area contributed by atoms with E-state index in [9.17, 15) is 13.2 Å². The molecule has 8 heteroatoms. The molecule has 2 aromatic rings. The van der Waals surface area contributed by atoms with Crippen LogP contribution in [-0.2, 0) is 10.0 Å². The topological polar surface area (TPSA) is 99.1 Å². The van der Waals surface area contributed by atoms with E-state index >= 15 is 0 Å². The molecule has 0 bridgehead atoms. The summed E-state index contributed by atoms with van der Waals surface area (Å²) >= 11 is 1.20. The van der Waals surface area contributed by atoms with Crippen LogP contribution in [0.5, 0.6) is 0 Å². The molecule has 1 aromatic carbocycles. The van der Waals surface area contributed by atoms with E-state index in [1.165, 1.54) is 35.6 Å². The van der Waals surface area contributed by atoms with Crippen molar-refractivity contribution in [1.29, 1.82) is 5.26 Å². The highest BCUT2D eigenvalue weighted by molar-refractivity contribution is 7.89. The van der Waals surface area contributed by atoms with Crippen LogP contribution in [0.1, 0.15) is 15.2 Å². The van der Waals surface area contributed by atoms with Crippen LogP contribution in [-0.4, -0.2) is 14.3 Å². The number of carbonyl (C=O) groups is 1. The van der Waals surface area contributed by atoms with Crippen molar-refractivity contribution in [3.63, 3.8) is 0 Å². The fourth-order valence-electron chi connectivity index (χ4n) is 1.35. The maximum atomic E-state index is 11.9. The third-order valence-electron chi connectivity index (χ3n) is 2.34. The Kier molecular flexibility index (Phi) is 4.14. The fourth-order valence-corrected chi connectivity index (χ4v) is 2.81. The van der Waals surface area contributed by atoms with Crippen LogP contribution in [0.2, 0.25) is 0 Å². The largest absolute Gasteiger partial charge is 0.276 e. The first kappa shape index (κ1) is 14.2. The Balaban J connectivity index is 2.07. The summed E-state index contributed by atoms with van der Waals surface area (Å²) in [5.74, 6) is -0.530. The number of nitrogens with zero attached hydrogens (tertiary/aromatic N) is 1. The number of carbonyl (C=O) groups excluding carboxylic acids is 1. The molecule has 0 aliphatic heterocycles. The second kappa shape index (κ2) is 5.83. The Morgan fingerprint density at radius 2 is 1.90 bits per heavy atom. The fraction of sp³-hybridized carbons (Fsp3) is 0. The number of sulfonamides is 1. The molecule has 0 spiro atoms. The average Bonchev–Trinajstić information content (AvgIpc) is 2.99. The van der Waals surface area contributed by atoms with Gasteiger partial charge in [-0.2, -0.15) is 5.26 Å². The van der Waals surface area contributed by atoms with E-state index in [4.69, 9.17) is 5.26 Å². The van der Waals surface area contributed by atoms with Gasteiger partial charge in [-0.1, -0.05) is 6.07 Å². The van der Waals surface area contributed by atoms with Crippen LogP contribution < -0.4 is 10.3 Å². The second-order valence-corrected chi connectivity index (χ2v) is 6.30. The molecule has 1 amide bonds. The van der Waals surface area contributed by atoms with Crippen LogP contribution in [0.3, 0.4) is 0 Å². The quantitative estimate of drug-likeness (QED) is 0.830. The van der Waals surface area contributed by atoms with Crippen LogP contribution in [0.15, 0.2) is 46.7 Å². The summed E-state index contributed by atoms with van der Waals surface area (Å²) < 4.78 is 23.8. The molecular weight excluding hydrogens is 298 g/mol. The van der Waals surface area contributed by atoms with Gasteiger partial charge in [0.1, 0.15) is 0 Å². The van der Waals surface area contributed by atoms with E-state index in [0.717, 1.165) is 0 Å². The zero-order chi connectivity index (χ0) is 14.6. The van der Waals surface area contributed by atoms with Crippen LogP contribution in [0.4, 0.5) is 0 Å². The zero-order valence-corrected chi connectivity index (χ0v) is 11.7. The molecule has 0 fully saturated rings. The number of benzene rings is 1. The minimum atomic E-state index is -3.86. The van der Waals surface area contributed by atoms with Crippen LogP contribution in [0, 0.1) is 11.3 Å². The van der Waals surface area contributed by atoms with Crippen LogP contribution >= 0.6 is 11.3 Å². The minimum absolute atomic E-state index is 0.0389. The number of hydrogen-bond acceptors (Lipinski definition) is 5. The summed E-state index contributed by atoms with van der Waals surface area (Å²) in [6, 6.07) is 10.5. The van der Waals surface area contributed by atoms with Gasteiger partial charge >= 0.3 is 0 Å². The van der Waals surface area contributed by atoms with Gasteiger partial charge in [0.25, 0.3) is 15.9 Å². The lowest BCUT2D eigenvalue weighted by molar-refractivity contribution is 0.0949. The Hall–Kier alpha value is -2.21. The predicted molar refractivity (Wildman–Crippen MR) is 73.3 cm³/mol. The van der Waals surface area contributed by atoms with Crippen LogP contribution in [0.25, 0.3) is 0 Å². The van der Waals surface area contributed by atoms with Crippen molar-refractivity contribution in [3.05, 3.63) is 52.2 Å². The SMILES string of the molecule is N#Cc1ccc(S(=O)(=O)NNC(=O)c2cccs2)cc1. The molecule has 6 nitrogen and oxygen atoms in total. The molecule has 0 unspecified atom stereocenters. The van der Waals surface area contributed by atoms with Gasteiger partial charge < -0.3 is 0 Å². The lowest BCUT2D eigenvalue weighted by atomic mass is 10.2. The van der Waals surface area contributed by atoms with Crippen molar-refractivity contribution in [1.82, 2.24) is 10.3 Å². The number of thiophene rings is 1. The maximum absolute atomic E-state index is 11.9. The average molecular weight is 307 g/mol. The van der Waals surface area contributed by atoms with Crippen molar-refractivity contribution in [3.8, 4) is 6.07 Å². The Labute approximate surface area is 119 Å². The third-order valence-corrected chi connectivity index (χ3v) is 4.47. The van der Waals surface area contributed by atoms with Crippen molar-refractivity contribution in [2.24, 2.45) is 0 Å². The summed E-state index contributed by atoms with van der Waals surface area (Å²) in [6.07, 6.45) is 0. The lowest BCUT2D eigenvalue weighted by Gasteiger charge is -2.07. The first-order valence-electron chi connectivity index (χ1n) is 5.39. The summed E-state index contributed by atoms with van der Waals surface area (Å²) in [5.41, 5.74) is 2.47. The third kappa shape index (κ3) is 3.21. The van der Waals surface area contributed by atoms with Crippen molar-refractivity contribution in [2.45, 2.75) is 4.90 Å². The second-order valence-electron chi connectivity index (χ2n) is 3.67. The number of nitrogens with one attached hydrogen (secondary N) is 2. The first-order valence-corrected chi connectivity index (χ1v) is 7.75. The lowest BCUT2D eigenvalue weighted by Crippen LogP contribution is -2.41. The van der Waals surface area contributed by atoms with Gasteiger partial charge in [-0.25, -0.2) is 8.42 Å². The molecule has 20 heavy (non-hydrogen) atoms. The molecule has 0 aliphatic carbocycles. The van der Waals surface area contributed by atoms with E-state index in [1.807, 2.05) is 10.9 Å². The summed E-state index contributed by atoms with van der Waals surface area (Å²) in [5, 5.41) is 10.4. The molecule has 0 saturated heterocycles. The van der Waals surface area contributed by atoms with Crippen molar-refractivity contribution in [2.75, 3.05) is 0 Å². The number of hydrogen-bond donors (Lipinski definition) is 2. The van der Waals surface area contributed by atoms with E-state index in [-0.39, 0.29) is 4.90 Å². The monoisotopic (exact) mass is 307 g/mol. The molecule has 2 N–H and O–H groups in total. The number of amides is 1. The first-order chi connectivity index (χ1) is 9.53.